The van der Waals surface area contributed by atoms with Gasteiger partial charge in [-0.25, -0.2) is 0 Å². The SMILES string of the molecule is Cc1ccccc1S(=O)CC(=O)c1cccc([N+](=O)[O-])c1. The first kappa shape index (κ1) is 15.1. The number of nitro groups is 1. The number of benzene rings is 2. The van der Waals surface area contributed by atoms with E-state index in [2.05, 4.69) is 0 Å². The lowest BCUT2D eigenvalue weighted by Gasteiger charge is -2.05. The molecule has 0 aliphatic rings. The maximum absolute atomic E-state index is 12.2. The summed E-state index contributed by atoms with van der Waals surface area (Å²) in [6, 6.07) is 12.6. The van der Waals surface area contributed by atoms with E-state index in [1.165, 1.54) is 24.3 Å². The average Bonchev–Trinajstić information content (AvgIpc) is 2.47. The molecule has 0 fully saturated rings. The van der Waals surface area contributed by atoms with Crippen molar-refractivity contribution in [3.63, 3.8) is 0 Å². The summed E-state index contributed by atoms with van der Waals surface area (Å²) in [6.07, 6.45) is 0. The number of carbonyl (C=O) groups is 1. The Morgan fingerprint density at radius 3 is 2.57 bits per heavy atom. The van der Waals surface area contributed by atoms with Gasteiger partial charge in [0.05, 0.1) is 21.5 Å². The molecule has 0 saturated carbocycles. The number of rotatable bonds is 5. The third-order valence-corrected chi connectivity index (χ3v) is 4.45. The number of hydrogen-bond acceptors (Lipinski definition) is 4. The number of ketones is 1. The Morgan fingerprint density at radius 1 is 1.19 bits per heavy atom. The van der Waals surface area contributed by atoms with Crippen molar-refractivity contribution in [1.82, 2.24) is 0 Å². The molecule has 2 rings (SSSR count). The zero-order chi connectivity index (χ0) is 15.4. The van der Waals surface area contributed by atoms with Gasteiger partial charge in [0.25, 0.3) is 5.69 Å². The first-order valence-electron chi connectivity index (χ1n) is 6.20. The van der Waals surface area contributed by atoms with Crippen molar-refractivity contribution in [3.05, 3.63) is 69.8 Å². The molecular formula is C15H13NO4S. The van der Waals surface area contributed by atoms with Crippen LogP contribution in [0.3, 0.4) is 0 Å². The van der Waals surface area contributed by atoms with Crippen molar-refractivity contribution < 1.29 is 13.9 Å². The molecular weight excluding hydrogens is 290 g/mol. The van der Waals surface area contributed by atoms with Gasteiger partial charge in [-0.05, 0) is 18.6 Å². The van der Waals surface area contributed by atoms with Crippen LogP contribution in [-0.4, -0.2) is 20.7 Å². The van der Waals surface area contributed by atoms with Gasteiger partial charge in [0.1, 0.15) is 0 Å². The summed E-state index contributed by atoms with van der Waals surface area (Å²) in [7, 11) is -1.46. The molecule has 2 aromatic carbocycles. The van der Waals surface area contributed by atoms with Gasteiger partial charge in [-0.2, -0.15) is 0 Å². The van der Waals surface area contributed by atoms with E-state index in [0.717, 1.165) is 5.56 Å². The molecule has 1 atom stereocenters. The number of Topliss-reactive ketones (excluding diaryl/α,β-unsaturated/α-hetero) is 1. The van der Waals surface area contributed by atoms with Crippen molar-refractivity contribution >= 4 is 22.3 Å². The summed E-state index contributed by atoms with van der Waals surface area (Å²) >= 11 is 0. The monoisotopic (exact) mass is 303 g/mol. The Hall–Kier alpha value is -2.34. The third kappa shape index (κ3) is 3.61. The molecule has 0 bridgehead atoms. The van der Waals surface area contributed by atoms with Crippen molar-refractivity contribution in [1.29, 1.82) is 0 Å². The molecule has 1 unspecified atom stereocenters. The van der Waals surface area contributed by atoms with Gasteiger partial charge >= 0.3 is 0 Å². The lowest BCUT2D eigenvalue weighted by molar-refractivity contribution is -0.384. The van der Waals surface area contributed by atoms with Crippen LogP contribution in [0, 0.1) is 17.0 Å². The fourth-order valence-corrected chi connectivity index (χ4v) is 3.10. The number of aryl methyl sites for hydroxylation is 1. The molecule has 0 aliphatic carbocycles. The standard InChI is InChI=1S/C15H13NO4S/c1-11-5-2-3-8-15(11)21(20)10-14(17)12-6-4-7-13(9-12)16(18)19/h2-9H,10H2,1H3. The fourth-order valence-electron chi connectivity index (χ4n) is 1.88. The van der Waals surface area contributed by atoms with Crippen LogP contribution in [0.2, 0.25) is 0 Å². The maximum atomic E-state index is 12.2. The predicted octanol–water partition coefficient (Wildman–Crippen LogP) is 2.89. The smallest absolute Gasteiger partial charge is 0.270 e. The summed E-state index contributed by atoms with van der Waals surface area (Å²) in [5.41, 5.74) is 0.899. The van der Waals surface area contributed by atoms with E-state index in [0.29, 0.717) is 4.90 Å². The highest BCUT2D eigenvalue weighted by atomic mass is 32.2. The van der Waals surface area contributed by atoms with E-state index in [4.69, 9.17) is 0 Å². The lowest BCUT2D eigenvalue weighted by atomic mass is 10.1. The van der Waals surface area contributed by atoms with Gasteiger partial charge in [0.2, 0.25) is 0 Å². The van der Waals surface area contributed by atoms with Gasteiger partial charge in [0, 0.05) is 22.6 Å². The van der Waals surface area contributed by atoms with E-state index < -0.39 is 15.7 Å². The summed E-state index contributed by atoms with van der Waals surface area (Å²) in [5, 5.41) is 10.7. The zero-order valence-corrected chi connectivity index (χ0v) is 12.1. The van der Waals surface area contributed by atoms with E-state index in [1.807, 2.05) is 19.1 Å². The minimum absolute atomic E-state index is 0.150. The van der Waals surface area contributed by atoms with Crippen molar-refractivity contribution in [2.45, 2.75) is 11.8 Å². The van der Waals surface area contributed by atoms with Gasteiger partial charge in [-0.1, -0.05) is 30.3 Å². The molecule has 21 heavy (non-hydrogen) atoms. The molecule has 0 heterocycles. The Balaban J connectivity index is 2.19. The Morgan fingerprint density at radius 2 is 1.90 bits per heavy atom. The number of nitrogens with zero attached hydrogens (tertiary/aromatic N) is 1. The highest BCUT2D eigenvalue weighted by Crippen LogP contribution is 2.16. The minimum atomic E-state index is -1.46. The molecule has 0 aliphatic heterocycles. The molecule has 108 valence electrons. The van der Waals surface area contributed by atoms with Crippen LogP contribution in [0.4, 0.5) is 5.69 Å². The summed E-state index contributed by atoms with van der Waals surface area (Å²) in [5.74, 6) is -0.563. The molecule has 0 aromatic heterocycles. The molecule has 0 spiro atoms. The normalized spacial score (nSPS) is 11.9. The lowest BCUT2D eigenvalue weighted by Crippen LogP contribution is -2.12. The van der Waals surface area contributed by atoms with Crippen molar-refractivity contribution in [3.8, 4) is 0 Å². The molecule has 0 amide bonds. The summed E-state index contributed by atoms with van der Waals surface area (Å²) in [6.45, 7) is 1.82. The molecule has 5 nitrogen and oxygen atoms in total. The van der Waals surface area contributed by atoms with Crippen molar-refractivity contribution in [2.24, 2.45) is 0 Å². The predicted molar refractivity (Wildman–Crippen MR) is 79.9 cm³/mol. The fraction of sp³-hybridized carbons (Fsp3) is 0.133. The molecule has 6 heteroatoms. The minimum Gasteiger partial charge on any atom is -0.293 e. The quantitative estimate of drug-likeness (QED) is 0.483. The maximum Gasteiger partial charge on any atom is 0.270 e. The van der Waals surface area contributed by atoms with Crippen molar-refractivity contribution in [2.75, 3.05) is 5.75 Å². The van der Waals surface area contributed by atoms with E-state index in [1.54, 1.807) is 12.1 Å². The molecule has 0 radical (unpaired) electrons. The van der Waals surface area contributed by atoms with Crippen LogP contribution in [0.25, 0.3) is 0 Å². The molecule has 0 saturated heterocycles. The summed E-state index contributed by atoms with van der Waals surface area (Å²) in [4.78, 5) is 22.8. The Kier molecular flexibility index (Phi) is 4.59. The highest BCUT2D eigenvalue weighted by molar-refractivity contribution is 7.85. The third-order valence-electron chi connectivity index (χ3n) is 2.98. The van der Waals surface area contributed by atoms with Crippen LogP contribution >= 0.6 is 0 Å². The number of non-ortho nitro benzene ring substituents is 1. The van der Waals surface area contributed by atoms with Gasteiger partial charge in [0.15, 0.2) is 5.78 Å². The zero-order valence-electron chi connectivity index (χ0n) is 11.3. The summed E-state index contributed by atoms with van der Waals surface area (Å²) < 4.78 is 12.2. The first-order chi connectivity index (χ1) is 9.99. The topological polar surface area (TPSA) is 77.3 Å². The van der Waals surface area contributed by atoms with E-state index in [-0.39, 0.29) is 22.8 Å². The second kappa shape index (κ2) is 6.41. The molecule has 0 N–H and O–H groups in total. The number of carbonyl (C=O) groups excluding carboxylic acids is 1. The average molecular weight is 303 g/mol. The van der Waals surface area contributed by atoms with E-state index in [9.17, 15) is 19.1 Å². The van der Waals surface area contributed by atoms with E-state index >= 15 is 0 Å². The Bertz CT molecular complexity index is 727. The second-order valence-electron chi connectivity index (χ2n) is 4.49. The highest BCUT2D eigenvalue weighted by Gasteiger charge is 2.16. The van der Waals surface area contributed by atoms with Gasteiger partial charge < -0.3 is 0 Å². The van der Waals surface area contributed by atoms with Crippen LogP contribution in [0.1, 0.15) is 15.9 Å². The van der Waals surface area contributed by atoms with Gasteiger partial charge in [-0.3, -0.25) is 19.1 Å². The Labute approximate surface area is 124 Å². The van der Waals surface area contributed by atoms with Crippen LogP contribution in [0.5, 0.6) is 0 Å². The molecule has 2 aromatic rings. The van der Waals surface area contributed by atoms with Gasteiger partial charge in [-0.15, -0.1) is 0 Å². The van der Waals surface area contributed by atoms with Crippen LogP contribution in [0.15, 0.2) is 53.4 Å². The first-order valence-corrected chi connectivity index (χ1v) is 7.52. The van der Waals surface area contributed by atoms with Crippen LogP contribution < -0.4 is 0 Å². The largest absolute Gasteiger partial charge is 0.293 e. The number of hydrogen-bond donors (Lipinski definition) is 0. The number of nitro benzene ring substituents is 1. The second-order valence-corrected chi connectivity index (χ2v) is 5.91. The van der Waals surface area contributed by atoms with Crippen LogP contribution in [-0.2, 0) is 10.8 Å².